The van der Waals surface area contributed by atoms with E-state index in [9.17, 15) is 0 Å². The molecule has 0 heterocycles. The van der Waals surface area contributed by atoms with Gasteiger partial charge in [0.25, 0.3) is 0 Å². The lowest BCUT2D eigenvalue weighted by Gasteiger charge is -2.19. The molecule has 0 bridgehead atoms. The molecule has 4 heteroatoms. The fraction of sp³-hybridized carbons (Fsp3) is 0.935. The van der Waals surface area contributed by atoms with Gasteiger partial charge in [0.1, 0.15) is 6.10 Å². The lowest BCUT2D eigenvalue weighted by atomic mass is 10.1. The second-order valence-corrected chi connectivity index (χ2v) is 10.1. The molecule has 0 amide bonds. The molecule has 0 aromatic heterocycles. The van der Waals surface area contributed by atoms with E-state index in [0.717, 1.165) is 38.9 Å². The van der Waals surface area contributed by atoms with Gasteiger partial charge in [-0.1, -0.05) is 123 Å². The molecule has 0 aliphatic heterocycles. The number of allylic oxidation sites excluding steroid dienone is 1. The second kappa shape index (κ2) is 29.8. The van der Waals surface area contributed by atoms with Crippen LogP contribution in [0.4, 0.5) is 0 Å². The maximum atomic E-state index is 6.13. The summed E-state index contributed by atoms with van der Waals surface area (Å²) in [7, 11) is 1.59. The monoisotopic (exact) mass is 498 g/mol. The summed E-state index contributed by atoms with van der Waals surface area (Å²) in [5, 5.41) is 0. The molecule has 0 aromatic carbocycles. The Labute approximate surface area is 219 Å². The van der Waals surface area contributed by atoms with Crippen molar-refractivity contribution in [1.29, 1.82) is 0 Å². The van der Waals surface area contributed by atoms with E-state index in [-0.39, 0.29) is 12.4 Å². The normalized spacial score (nSPS) is 12.8. The van der Waals surface area contributed by atoms with E-state index in [1.165, 1.54) is 109 Å². The Morgan fingerprint density at radius 3 is 1.60 bits per heavy atom. The van der Waals surface area contributed by atoms with E-state index in [1.54, 1.807) is 7.11 Å². The zero-order valence-corrected chi connectivity index (χ0v) is 24.2. The minimum atomic E-state index is 0.0118. The second-order valence-electron chi connectivity index (χ2n) is 10.1. The van der Waals surface area contributed by atoms with Gasteiger partial charge >= 0.3 is 0 Å². The zero-order valence-electron chi connectivity index (χ0n) is 24.2. The Morgan fingerprint density at radius 2 is 1.06 bits per heavy atom. The van der Waals surface area contributed by atoms with Crippen molar-refractivity contribution in [2.45, 2.75) is 168 Å². The topological polar surface area (TPSA) is 36.9 Å². The van der Waals surface area contributed by atoms with Crippen molar-refractivity contribution in [2.75, 3.05) is 20.3 Å². The van der Waals surface area contributed by atoms with E-state index < -0.39 is 0 Å². The van der Waals surface area contributed by atoms with Crippen LogP contribution in [-0.2, 0) is 19.2 Å². The maximum absolute atomic E-state index is 6.13. The number of ether oxygens (including phenoxy) is 2. The number of hydrogen-bond donors (Lipinski definition) is 0. The SMILES string of the molecule is CCCCCCCOC(CCCCCCCCCC=CC(CCC)OOC)OCCCCCCC. The van der Waals surface area contributed by atoms with Crippen LogP contribution in [0.5, 0.6) is 0 Å². The lowest BCUT2D eigenvalue weighted by Crippen LogP contribution is -2.19. The molecule has 0 N–H and O–H groups in total. The Morgan fingerprint density at radius 1 is 0.543 bits per heavy atom. The number of rotatable bonds is 29. The molecule has 1 atom stereocenters. The molecular weight excluding hydrogens is 436 g/mol. The van der Waals surface area contributed by atoms with Crippen molar-refractivity contribution in [1.82, 2.24) is 0 Å². The molecule has 0 rings (SSSR count). The van der Waals surface area contributed by atoms with E-state index in [4.69, 9.17) is 19.2 Å². The van der Waals surface area contributed by atoms with E-state index in [1.807, 2.05) is 0 Å². The summed E-state index contributed by atoms with van der Waals surface area (Å²) in [6, 6.07) is 0. The van der Waals surface area contributed by atoms with Gasteiger partial charge in [-0.05, 0) is 44.9 Å². The Bertz CT molecular complexity index is 391. The Hall–Kier alpha value is -0.420. The Kier molecular flexibility index (Phi) is 29.5. The number of hydrogen-bond acceptors (Lipinski definition) is 4. The number of unbranched alkanes of at least 4 members (excludes halogenated alkanes) is 15. The molecule has 0 saturated carbocycles. The minimum absolute atomic E-state index is 0.0118. The molecule has 35 heavy (non-hydrogen) atoms. The summed E-state index contributed by atoms with van der Waals surface area (Å²) < 4.78 is 12.3. The van der Waals surface area contributed by atoms with Crippen molar-refractivity contribution in [3.05, 3.63) is 12.2 Å². The summed E-state index contributed by atoms with van der Waals surface area (Å²) in [6.45, 7) is 8.42. The van der Waals surface area contributed by atoms with Gasteiger partial charge in [0.2, 0.25) is 0 Å². The fourth-order valence-electron chi connectivity index (χ4n) is 4.35. The molecule has 4 nitrogen and oxygen atoms in total. The minimum Gasteiger partial charge on any atom is -0.353 e. The highest BCUT2D eigenvalue weighted by atomic mass is 17.2. The van der Waals surface area contributed by atoms with Crippen LogP contribution >= 0.6 is 0 Å². The van der Waals surface area contributed by atoms with Gasteiger partial charge in [-0.15, -0.1) is 0 Å². The predicted molar refractivity (Wildman–Crippen MR) is 151 cm³/mol. The molecule has 0 fully saturated rings. The third kappa shape index (κ3) is 26.5. The summed E-state index contributed by atoms with van der Waals surface area (Å²) in [5.41, 5.74) is 0. The van der Waals surface area contributed by atoms with Crippen molar-refractivity contribution in [2.24, 2.45) is 0 Å². The van der Waals surface area contributed by atoms with Crippen LogP contribution in [0.1, 0.15) is 156 Å². The molecule has 1 unspecified atom stereocenters. The first kappa shape index (κ1) is 34.6. The third-order valence-corrected chi connectivity index (χ3v) is 6.56. The van der Waals surface area contributed by atoms with Crippen LogP contribution in [0, 0.1) is 0 Å². The molecule has 0 aromatic rings. The molecule has 0 aliphatic rings. The van der Waals surface area contributed by atoms with Crippen LogP contribution in [0.15, 0.2) is 12.2 Å². The zero-order chi connectivity index (χ0) is 25.7. The fourth-order valence-corrected chi connectivity index (χ4v) is 4.35. The van der Waals surface area contributed by atoms with E-state index >= 15 is 0 Å². The molecule has 0 radical (unpaired) electrons. The van der Waals surface area contributed by atoms with Gasteiger partial charge in [-0.2, -0.15) is 0 Å². The van der Waals surface area contributed by atoms with Gasteiger partial charge in [-0.3, -0.25) is 0 Å². The Balaban J connectivity index is 3.84. The van der Waals surface area contributed by atoms with Gasteiger partial charge in [0.05, 0.1) is 7.11 Å². The van der Waals surface area contributed by atoms with Crippen molar-refractivity contribution >= 4 is 0 Å². The summed E-state index contributed by atoms with van der Waals surface area (Å²) >= 11 is 0. The van der Waals surface area contributed by atoms with E-state index in [0.29, 0.717) is 0 Å². The van der Waals surface area contributed by atoms with Gasteiger partial charge < -0.3 is 9.47 Å². The van der Waals surface area contributed by atoms with Crippen LogP contribution < -0.4 is 0 Å². The van der Waals surface area contributed by atoms with Gasteiger partial charge in [0.15, 0.2) is 6.29 Å². The first-order valence-electron chi connectivity index (χ1n) is 15.4. The largest absolute Gasteiger partial charge is 0.353 e. The highest BCUT2D eigenvalue weighted by Crippen LogP contribution is 2.15. The molecule has 0 saturated heterocycles. The maximum Gasteiger partial charge on any atom is 0.157 e. The van der Waals surface area contributed by atoms with Crippen molar-refractivity contribution in [3.8, 4) is 0 Å². The quantitative estimate of drug-likeness (QED) is 0.0338. The standard InChI is InChI=1S/C31H62O4/c1-5-8-10-19-23-28-33-31(34-29-24-20-11-9-6-2)27-22-18-16-14-12-13-15-17-21-26-30(25-7-3)35-32-4/h21,26,30-31H,5-20,22-25,27-29H2,1-4H3. The van der Waals surface area contributed by atoms with Crippen LogP contribution in [0.3, 0.4) is 0 Å². The highest BCUT2D eigenvalue weighted by molar-refractivity contribution is 4.88. The summed E-state index contributed by atoms with van der Waals surface area (Å²) in [4.78, 5) is 10.1. The molecule has 0 spiro atoms. The third-order valence-electron chi connectivity index (χ3n) is 6.56. The van der Waals surface area contributed by atoms with Crippen LogP contribution in [0.2, 0.25) is 0 Å². The highest BCUT2D eigenvalue weighted by Gasteiger charge is 2.09. The van der Waals surface area contributed by atoms with Crippen LogP contribution in [-0.4, -0.2) is 32.7 Å². The van der Waals surface area contributed by atoms with Gasteiger partial charge in [-0.25, -0.2) is 9.78 Å². The lowest BCUT2D eigenvalue weighted by molar-refractivity contribution is -0.294. The summed E-state index contributed by atoms with van der Waals surface area (Å²) in [6.07, 6.45) is 30.8. The molecule has 210 valence electrons. The van der Waals surface area contributed by atoms with Gasteiger partial charge in [0, 0.05) is 13.2 Å². The molecule has 0 aliphatic carbocycles. The van der Waals surface area contributed by atoms with Crippen molar-refractivity contribution in [3.63, 3.8) is 0 Å². The summed E-state index contributed by atoms with van der Waals surface area (Å²) in [5.74, 6) is 0. The average molecular weight is 499 g/mol. The molecular formula is C31H62O4. The first-order chi connectivity index (χ1) is 17.3. The van der Waals surface area contributed by atoms with Crippen LogP contribution in [0.25, 0.3) is 0 Å². The average Bonchev–Trinajstić information content (AvgIpc) is 2.86. The predicted octanol–water partition coefficient (Wildman–Crippen LogP) is 10.1. The van der Waals surface area contributed by atoms with Crippen molar-refractivity contribution < 1.29 is 19.2 Å². The van der Waals surface area contributed by atoms with E-state index in [2.05, 4.69) is 32.9 Å². The first-order valence-corrected chi connectivity index (χ1v) is 15.4. The smallest absolute Gasteiger partial charge is 0.157 e.